The highest BCUT2D eigenvalue weighted by atomic mass is 16.5. The normalized spacial score (nSPS) is 27.7. The van der Waals surface area contributed by atoms with Crippen LogP contribution in [0, 0.1) is 25.7 Å². The van der Waals surface area contributed by atoms with Gasteiger partial charge in [0.1, 0.15) is 5.75 Å². The Kier molecular flexibility index (Phi) is 4.42. The molecule has 1 amide bonds. The predicted molar refractivity (Wildman–Crippen MR) is 88.0 cm³/mol. The van der Waals surface area contributed by atoms with Gasteiger partial charge in [0.2, 0.25) is 0 Å². The van der Waals surface area contributed by atoms with E-state index in [1.807, 2.05) is 32.9 Å². The van der Waals surface area contributed by atoms with Crippen LogP contribution in [0.1, 0.15) is 50.2 Å². The van der Waals surface area contributed by atoms with Gasteiger partial charge in [-0.05, 0) is 68.6 Å². The molecule has 2 aliphatic carbocycles. The van der Waals surface area contributed by atoms with Crippen molar-refractivity contribution >= 4 is 5.91 Å². The average molecular weight is 301 g/mol. The molecule has 1 N–H and O–H groups in total. The van der Waals surface area contributed by atoms with E-state index in [1.54, 1.807) is 0 Å². The number of aryl methyl sites for hydroxylation is 2. The molecule has 120 valence electrons. The lowest BCUT2D eigenvalue weighted by atomic mass is 9.95. The molecule has 2 saturated carbocycles. The molecular formula is C19H27NO2. The summed E-state index contributed by atoms with van der Waals surface area (Å²) in [7, 11) is 0. The Morgan fingerprint density at radius 2 is 2.14 bits per heavy atom. The Bertz CT molecular complexity index is 554. The average Bonchev–Trinajstić information content (AvgIpc) is 3.10. The first kappa shape index (κ1) is 15.4. The number of rotatable bonds is 5. The summed E-state index contributed by atoms with van der Waals surface area (Å²) in [5.41, 5.74) is 2.24. The molecular weight excluding hydrogens is 274 g/mol. The van der Waals surface area contributed by atoms with E-state index >= 15 is 0 Å². The third-order valence-corrected chi connectivity index (χ3v) is 5.34. The van der Waals surface area contributed by atoms with E-state index in [1.165, 1.54) is 19.3 Å². The van der Waals surface area contributed by atoms with E-state index < -0.39 is 0 Å². The summed E-state index contributed by atoms with van der Waals surface area (Å²) in [5, 5.41) is 3.25. The zero-order chi connectivity index (χ0) is 15.7. The maximum absolute atomic E-state index is 12.6. The van der Waals surface area contributed by atoms with Gasteiger partial charge in [0, 0.05) is 6.04 Å². The highest BCUT2D eigenvalue weighted by Gasteiger charge is 2.40. The largest absolute Gasteiger partial charge is 0.480 e. The van der Waals surface area contributed by atoms with Gasteiger partial charge >= 0.3 is 0 Å². The van der Waals surface area contributed by atoms with Crippen LogP contribution < -0.4 is 10.1 Å². The van der Waals surface area contributed by atoms with Crippen LogP contribution in [-0.2, 0) is 4.79 Å². The van der Waals surface area contributed by atoms with Crippen LogP contribution in [0.4, 0.5) is 0 Å². The van der Waals surface area contributed by atoms with Crippen molar-refractivity contribution in [3.05, 3.63) is 29.3 Å². The number of nitrogens with one attached hydrogen (secondary N) is 1. The molecule has 3 nitrogen and oxygen atoms in total. The first-order valence-corrected chi connectivity index (χ1v) is 8.61. The van der Waals surface area contributed by atoms with Gasteiger partial charge in [0.15, 0.2) is 6.10 Å². The van der Waals surface area contributed by atoms with Gasteiger partial charge in [0.05, 0.1) is 0 Å². The zero-order valence-electron chi connectivity index (χ0n) is 13.9. The minimum Gasteiger partial charge on any atom is -0.480 e. The van der Waals surface area contributed by atoms with Crippen molar-refractivity contribution in [3.8, 4) is 5.75 Å². The molecule has 4 atom stereocenters. The summed E-state index contributed by atoms with van der Waals surface area (Å²) in [4.78, 5) is 12.6. The van der Waals surface area contributed by atoms with Gasteiger partial charge in [-0.2, -0.15) is 0 Å². The van der Waals surface area contributed by atoms with E-state index in [0.29, 0.717) is 18.4 Å². The van der Waals surface area contributed by atoms with Crippen LogP contribution in [0.25, 0.3) is 0 Å². The third-order valence-electron chi connectivity index (χ3n) is 5.34. The number of carbonyl (C=O) groups excluding carboxylic acids is 1. The fourth-order valence-corrected chi connectivity index (χ4v) is 4.01. The molecule has 0 aromatic heterocycles. The molecule has 2 bridgehead atoms. The smallest absolute Gasteiger partial charge is 0.261 e. The van der Waals surface area contributed by atoms with Gasteiger partial charge in [0.25, 0.3) is 5.91 Å². The lowest BCUT2D eigenvalue weighted by Gasteiger charge is -2.26. The molecule has 0 heterocycles. The summed E-state index contributed by atoms with van der Waals surface area (Å²) in [6.07, 6.45) is 5.41. The van der Waals surface area contributed by atoms with Gasteiger partial charge in [-0.15, -0.1) is 0 Å². The first-order valence-electron chi connectivity index (χ1n) is 8.61. The van der Waals surface area contributed by atoms with Crippen LogP contribution in [0.3, 0.4) is 0 Å². The second-order valence-electron chi connectivity index (χ2n) is 7.07. The Morgan fingerprint density at radius 1 is 1.32 bits per heavy atom. The third kappa shape index (κ3) is 3.13. The molecule has 0 unspecified atom stereocenters. The maximum atomic E-state index is 12.6. The lowest BCUT2D eigenvalue weighted by Crippen LogP contribution is -2.45. The Hall–Kier alpha value is -1.51. The van der Waals surface area contributed by atoms with Crippen LogP contribution >= 0.6 is 0 Å². The minimum absolute atomic E-state index is 0.0564. The molecule has 22 heavy (non-hydrogen) atoms. The number of hydrogen-bond donors (Lipinski definition) is 1. The molecule has 0 aliphatic heterocycles. The van der Waals surface area contributed by atoms with Gasteiger partial charge < -0.3 is 10.1 Å². The lowest BCUT2D eigenvalue weighted by molar-refractivity contribution is -0.129. The zero-order valence-corrected chi connectivity index (χ0v) is 13.9. The summed E-state index contributed by atoms with van der Waals surface area (Å²) in [6.45, 7) is 6.08. The Morgan fingerprint density at radius 3 is 2.77 bits per heavy atom. The number of fused-ring (bicyclic) bond motifs is 2. The van der Waals surface area contributed by atoms with Crippen molar-refractivity contribution in [2.75, 3.05) is 0 Å². The van der Waals surface area contributed by atoms with Crippen molar-refractivity contribution in [2.45, 2.75) is 65.0 Å². The molecule has 2 fully saturated rings. The van der Waals surface area contributed by atoms with Crippen LogP contribution in [-0.4, -0.2) is 18.1 Å². The van der Waals surface area contributed by atoms with Gasteiger partial charge in [-0.3, -0.25) is 4.79 Å². The maximum Gasteiger partial charge on any atom is 0.261 e. The highest BCUT2D eigenvalue weighted by molar-refractivity contribution is 5.81. The topological polar surface area (TPSA) is 38.3 Å². The Labute approximate surface area is 133 Å². The highest BCUT2D eigenvalue weighted by Crippen LogP contribution is 2.44. The summed E-state index contributed by atoms with van der Waals surface area (Å²) < 4.78 is 6.02. The monoisotopic (exact) mass is 301 g/mol. The van der Waals surface area contributed by atoms with E-state index in [2.05, 4.69) is 11.4 Å². The van der Waals surface area contributed by atoms with Crippen molar-refractivity contribution in [1.82, 2.24) is 5.32 Å². The SMILES string of the molecule is CC[C@@H](Oc1cc(C)ccc1C)C(=O)N[C@H]1C[C@H]2CC[C@H]1C2. The molecule has 1 aromatic carbocycles. The van der Waals surface area contributed by atoms with Crippen LogP contribution in [0.2, 0.25) is 0 Å². The molecule has 2 aliphatic rings. The summed E-state index contributed by atoms with van der Waals surface area (Å²) in [6, 6.07) is 6.51. The molecule has 0 spiro atoms. The molecule has 0 saturated heterocycles. The van der Waals surface area contributed by atoms with E-state index in [9.17, 15) is 4.79 Å². The Balaban J connectivity index is 1.63. The fourth-order valence-electron chi connectivity index (χ4n) is 4.01. The van der Waals surface area contributed by atoms with Crippen molar-refractivity contribution < 1.29 is 9.53 Å². The van der Waals surface area contributed by atoms with Gasteiger partial charge in [-0.1, -0.05) is 25.5 Å². The number of benzene rings is 1. The quantitative estimate of drug-likeness (QED) is 0.899. The summed E-state index contributed by atoms with van der Waals surface area (Å²) in [5.74, 6) is 2.43. The standard InChI is InChI=1S/C19H27NO2/c1-4-17(22-18-9-12(2)5-6-13(18)3)19(21)20-16-11-14-7-8-15(16)10-14/h5-6,9,14-17H,4,7-8,10-11H2,1-3H3,(H,20,21)/t14-,15-,16-,17+/m0/s1. The molecule has 3 rings (SSSR count). The van der Waals surface area contributed by atoms with Crippen molar-refractivity contribution in [3.63, 3.8) is 0 Å². The van der Waals surface area contributed by atoms with Crippen molar-refractivity contribution in [2.24, 2.45) is 11.8 Å². The van der Waals surface area contributed by atoms with E-state index in [-0.39, 0.29) is 12.0 Å². The predicted octanol–water partition coefficient (Wildman–Crippen LogP) is 3.77. The van der Waals surface area contributed by atoms with E-state index in [4.69, 9.17) is 4.74 Å². The van der Waals surface area contributed by atoms with Crippen molar-refractivity contribution in [1.29, 1.82) is 0 Å². The van der Waals surface area contributed by atoms with E-state index in [0.717, 1.165) is 29.2 Å². The number of ether oxygens (including phenoxy) is 1. The number of hydrogen-bond acceptors (Lipinski definition) is 2. The first-order chi connectivity index (χ1) is 10.6. The minimum atomic E-state index is -0.389. The van der Waals surface area contributed by atoms with Crippen LogP contribution in [0.15, 0.2) is 18.2 Å². The second-order valence-corrected chi connectivity index (χ2v) is 7.07. The number of carbonyl (C=O) groups is 1. The fraction of sp³-hybridized carbons (Fsp3) is 0.632. The molecule has 3 heteroatoms. The van der Waals surface area contributed by atoms with Gasteiger partial charge in [-0.25, -0.2) is 0 Å². The molecule has 0 radical (unpaired) electrons. The van der Waals surface area contributed by atoms with Crippen LogP contribution in [0.5, 0.6) is 5.75 Å². The second kappa shape index (κ2) is 6.31. The molecule has 1 aromatic rings. The summed E-state index contributed by atoms with van der Waals surface area (Å²) >= 11 is 0. The number of amides is 1.